The fourth-order valence-corrected chi connectivity index (χ4v) is 3.38. The number of aryl methyl sites for hydroxylation is 1. The lowest BCUT2D eigenvalue weighted by molar-refractivity contribution is 0.0724. The van der Waals surface area contributed by atoms with Crippen LogP contribution < -0.4 is 0 Å². The molecule has 0 fully saturated rings. The molecule has 2 aromatic carbocycles. The highest BCUT2D eigenvalue weighted by Crippen LogP contribution is 2.21. The van der Waals surface area contributed by atoms with Crippen LogP contribution in [0.5, 0.6) is 0 Å². The maximum Gasteiger partial charge on any atom is 0.257 e. The second-order valence-electron chi connectivity index (χ2n) is 7.70. The molecule has 0 saturated carbocycles. The van der Waals surface area contributed by atoms with E-state index in [1.807, 2.05) is 11.5 Å². The maximum absolute atomic E-state index is 14.2. The van der Waals surface area contributed by atoms with Gasteiger partial charge in [0, 0.05) is 13.1 Å². The van der Waals surface area contributed by atoms with Crippen molar-refractivity contribution >= 4 is 16.9 Å². The molecule has 3 rings (SSSR count). The molecule has 0 bridgehead atoms. The average molecular weight is 399 g/mol. The molecule has 29 heavy (non-hydrogen) atoms. The molecule has 0 atom stereocenters. The van der Waals surface area contributed by atoms with Crippen LogP contribution in [0.4, 0.5) is 8.78 Å². The summed E-state index contributed by atoms with van der Waals surface area (Å²) in [5.41, 5.74) is 1.46. The molecule has 0 spiro atoms. The number of carbonyl (C=O) groups excluding carboxylic acids is 1. The zero-order valence-electron chi connectivity index (χ0n) is 17.2. The van der Waals surface area contributed by atoms with E-state index in [0.717, 1.165) is 12.8 Å². The Morgan fingerprint density at radius 3 is 2.62 bits per heavy atom. The zero-order valence-corrected chi connectivity index (χ0v) is 17.2. The van der Waals surface area contributed by atoms with E-state index in [2.05, 4.69) is 18.8 Å². The van der Waals surface area contributed by atoms with Gasteiger partial charge in [0.2, 0.25) is 0 Å². The molecule has 0 saturated heterocycles. The number of aromatic nitrogens is 2. The van der Waals surface area contributed by atoms with Gasteiger partial charge < -0.3 is 9.47 Å². The van der Waals surface area contributed by atoms with Gasteiger partial charge in [-0.15, -0.1) is 0 Å². The molecule has 1 amide bonds. The number of carbonyl (C=O) groups is 1. The van der Waals surface area contributed by atoms with Gasteiger partial charge in [0.1, 0.15) is 17.5 Å². The Balaban J connectivity index is 1.98. The van der Waals surface area contributed by atoms with Gasteiger partial charge in [-0.25, -0.2) is 13.8 Å². The first kappa shape index (κ1) is 21.0. The van der Waals surface area contributed by atoms with Gasteiger partial charge in [0.05, 0.1) is 23.1 Å². The Bertz CT molecular complexity index is 997. The second-order valence-corrected chi connectivity index (χ2v) is 7.70. The molecule has 6 heteroatoms. The SMILES string of the molecule is CCCn1c(CN(CCC(C)C)C(=O)c2ccccc2F)nc2ccc(F)cc21. The summed E-state index contributed by atoms with van der Waals surface area (Å²) in [5, 5.41) is 0. The van der Waals surface area contributed by atoms with Crippen LogP contribution in [0.3, 0.4) is 0 Å². The van der Waals surface area contributed by atoms with Crippen molar-refractivity contribution in [1.82, 2.24) is 14.5 Å². The van der Waals surface area contributed by atoms with E-state index < -0.39 is 5.82 Å². The van der Waals surface area contributed by atoms with Gasteiger partial charge in [-0.3, -0.25) is 4.79 Å². The van der Waals surface area contributed by atoms with E-state index in [0.29, 0.717) is 35.9 Å². The van der Waals surface area contributed by atoms with E-state index in [4.69, 9.17) is 0 Å². The van der Waals surface area contributed by atoms with Crippen molar-refractivity contribution in [3.05, 3.63) is 65.5 Å². The van der Waals surface area contributed by atoms with Crippen LogP contribution in [0, 0.1) is 17.6 Å². The van der Waals surface area contributed by atoms with E-state index >= 15 is 0 Å². The van der Waals surface area contributed by atoms with E-state index in [9.17, 15) is 13.6 Å². The lowest BCUT2D eigenvalue weighted by Gasteiger charge is -2.24. The van der Waals surface area contributed by atoms with E-state index in [1.54, 1.807) is 23.1 Å². The molecular weight excluding hydrogens is 372 g/mol. The predicted octanol–water partition coefficient (Wildman–Crippen LogP) is 5.41. The zero-order chi connectivity index (χ0) is 21.0. The Morgan fingerprint density at radius 1 is 1.17 bits per heavy atom. The summed E-state index contributed by atoms with van der Waals surface area (Å²) in [6.07, 6.45) is 1.64. The Hall–Kier alpha value is -2.76. The number of hydrogen-bond donors (Lipinski definition) is 0. The van der Waals surface area contributed by atoms with Crippen molar-refractivity contribution in [3.63, 3.8) is 0 Å². The van der Waals surface area contributed by atoms with Crippen LogP contribution in [0.25, 0.3) is 11.0 Å². The van der Waals surface area contributed by atoms with Gasteiger partial charge in [-0.2, -0.15) is 0 Å². The summed E-state index contributed by atoms with van der Waals surface area (Å²) >= 11 is 0. The van der Waals surface area contributed by atoms with Crippen LogP contribution in [0.2, 0.25) is 0 Å². The van der Waals surface area contributed by atoms with Crippen LogP contribution in [-0.2, 0) is 13.1 Å². The summed E-state index contributed by atoms with van der Waals surface area (Å²) in [6.45, 7) is 7.61. The van der Waals surface area contributed by atoms with Crippen molar-refractivity contribution in [2.45, 2.75) is 46.7 Å². The fraction of sp³-hybridized carbons (Fsp3) is 0.391. The lowest BCUT2D eigenvalue weighted by atomic mass is 10.1. The summed E-state index contributed by atoms with van der Waals surface area (Å²) in [5.74, 6) is -0.128. The first-order valence-corrected chi connectivity index (χ1v) is 10.1. The van der Waals surface area contributed by atoms with Crippen molar-refractivity contribution < 1.29 is 13.6 Å². The molecule has 3 aromatic rings. The number of benzene rings is 2. The second kappa shape index (κ2) is 9.16. The minimum atomic E-state index is -0.531. The first-order valence-electron chi connectivity index (χ1n) is 10.1. The number of halogens is 2. The summed E-state index contributed by atoms with van der Waals surface area (Å²) in [6, 6.07) is 10.5. The molecule has 0 unspecified atom stereocenters. The monoisotopic (exact) mass is 399 g/mol. The van der Waals surface area contributed by atoms with Gasteiger partial charge >= 0.3 is 0 Å². The van der Waals surface area contributed by atoms with Crippen molar-refractivity contribution in [1.29, 1.82) is 0 Å². The van der Waals surface area contributed by atoms with Crippen LogP contribution in [0.1, 0.15) is 49.8 Å². The minimum absolute atomic E-state index is 0.0560. The van der Waals surface area contributed by atoms with Crippen LogP contribution >= 0.6 is 0 Å². The summed E-state index contributed by atoms with van der Waals surface area (Å²) in [4.78, 5) is 19.4. The first-order chi connectivity index (χ1) is 13.9. The topological polar surface area (TPSA) is 38.1 Å². The molecule has 4 nitrogen and oxygen atoms in total. The highest BCUT2D eigenvalue weighted by molar-refractivity contribution is 5.94. The Morgan fingerprint density at radius 2 is 1.93 bits per heavy atom. The number of hydrogen-bond acceptors (Lipinski definition) is 2. The highest BCUT2D eigenvalue weighted by atomic mass is 19.1. The molecule has 1 aromatic heterocycles. The molecular formula is C23H27F2N3O. The third-order valence-corrected chi connectivity index (χ3v) is 4.94. The molecule has 0 aliphatic carbocycles. The third-order valence-electron chi connectivity index (χ3n) is 4.94. The Labute approximate surface area is 170 Å². The molecule has 1 heterocycles. The normalized spacial score (nSPS) is 11.4. The number of fused-ring (bicyclic) bond motifs is 1. The van der Waals surface area contributed by atoms with E-state index in [-0.39, 0.29) is 23.8 Å². The maximum atomic E-state index is 14.2. The number of nitrogens with zero attached hydrogens (tertiary/aromatic N) is 3. The lowest BCUT2D eigenvalue weighted by Crippen LogP contribution is -2.34. The third kappa shape index (κ3) is 4.81. The molecule has 0 aliphatic heterocycles. The van der Waals surface area contributed by atoms with Crippen LogP contribution in [0.15, 0.2) is 42.5 Å². The molecule has 0 N–H and O–H groups in total. The van der Waals surface area contributed by atoms with Gasteiger partial charge in [-0.05, 0) is 49.1 Å². The molecule has 0 aliphatic rings. The quantitative estimate of drug-likeness (QED) is 0.508. The molecule has 0 radical (unpaired) electrons. The Kier molecular flexibility index (Phi) is 6.62. The smallest absolute Gasteiger partial charge is 0.257 e. The van der Waals surface area contributed by atoms with Gasteiger partial charge in [-0.1, -0.05) is 32.9 Å². The van der Waals surface area contributed by atoms with Crippen LogP contribution in [-0.4, -0.2) is 26.9 Å². The standard InChI is InChI=1S/C23H27F2N3O/c1-4-12-28-21-14-17(24)9-10-20(21)26-22(28)15-27(13-11-16(2)3)23(29)18-7-5-6-8-19(18)25/h5-10,14,16H,4,11-13,15H2,1-3H3. The average Bonchev–Trinajstić information content (AvgIpc) is 3.02. The number of imidazole rings is 1. The van der Waals surface area contributed by atoms with Crippen molar-refractivity contribution in [3.8, 4) is 0 Å². The van der Waals surface area contributed by atoms with Gasteiger partial charge in [0.25, 0.3) is 5.91 Å². The van der Waals surface area contributed by atoms with E-state index in [1.165, 1.54) is 24.3 Å². The highest BCUT2D eigenvalue weighted by Gasteiger charge is 2.22. The fourth-order valence-electron chi connectivity index (χ4n) is 3.38. The predicted molar refractivity (Wildman–Crippen MR) is 111 cm³/mol. The largest absolute Gasteiger partial charge is 0.331 e. The van der Waals surface area contributed by atoms with Crippen molar-refractivity contribution in [2.75, 3.05) is 6.54 Å². The summed E-state index contributed by atoms with van der Waals surface area (Å²) < 4.78 is 30.0. The summed E-state index contributed by atoms with van der Waals surface area (Å²) in [7, 11) is 0. The molecule has 154 valence electrons. The number of amides is 1. The van der Waals surface area contributed by atoms with Gasteiger partial charge in [0.15, 0.2) is 0 Å². The van der Waals surface area contributed by atoms with Crippen molar-refractivity contribution in [2.24, 2.45) is 5.92 Å². The number of rotatable bonds is 8. The minimum Gasteiger partial charge on any atom is -0.331 e.